The van der Waals surface area contributed by atoms with Crippen molar-refractivity contribution in [2.24, 2.45) is 0 Å². The third-order valence-corrected chi connectivity index (χ3v) is 2.36. The van der Waals surface area contributed by atoms with E-state index in [1.54, 1.807) is 0 Å². The van der Waals surface area contributed by atoms with Crippen LogP contribution in [-0.2, 0) is 4.74 Å². The van der Waals surface area contributed by atoms with Crippen molar-refractivity contribution in [3.05, 3.63) is 0 Å². The monoisotopic (exact) mass is 216 g/mol. The molecular formula is C12H28N2O. The Balaban J connectivity index is 3.08. The van der Waals surface area contributed by atoms with Gasteiger partial charge in [-0.1, -0.05) is 20.3 Å². The molecule has 0 fully saturated rings. The highest BCUT2D eigenvalue weighted by Gasteiger charge is 1.97. The molecule has 1 N–H and O–H groups in total. The molecule has 0 saturated carbocycles. The molecule has 0 aromatic carbocycles. The Morgan fingerprint density at radius 2 is 1.80 bits per heavy atom. The number of likely N-dealkylation sites (N-methyl/N-ethyl adjacent to an activating group) is 1. The minimum atomic E-state index is 0.865. The van der Waals surface area contributed by atoms with E-state index in [9.17, 15) is 0 Å². The Labute approximate surface area is 95.2 Å². The maximum absolute atomic E-state index is 5.51. The summed E-state index contributed by atoms with van der Waals surface area (Å²) in [6.07, 6.45) is 3.61. The van der Waals surface area contributed by atoms with E-state index in [4.69, 9.17) is 4.74 Å². The fourth-order valence-corrected chi connectivity index (χ4v) is 1.25. The SMILES string of the molecule is CCCCOCCN(C)CCNCCC. The fourth-order valence-electron chi connectivity index (χ4n) is 1.25. The van der Waals surface area contributed by atoms with E-state index in [2.05, 4.69) is 31.1 Å². The minimum absolute atomic E-state index is 0.865. The molecule has 0 aromatic heterocycles. The molecule has 0 aromatic rings. The summed E-state index contributed by atoms with van der Waals surface area (Å²) in [4.78, 5) is 2.31. The van der Waals surface area contributed by atoms with Crippen molar-refractivity contribution in [1.29, 1.82) is 0 Å². The lowest BCUT2D eigenvalue weighted by Crippen LogP contribution is -2.31. The smallest absolute Gasteiger partial charge is 0.0593 e. The van der Waals surface area contributed by atoms with Crippen LogP contribution in [0.2, 0.25) is 0 Å². The van der Waals surface area contributed by atoms with Crippen LogP contribution in [0.1, 0.15) is 33.1 Å². The average Bonchev–Trinajstić information content (AvgIpc) is 2.24. The fraction of sp³-hybridized carbons (Fsp3) is 1.00. The summed E-state index contributed by atoms with van der Waals surface area (Å²) in [7, 11) is 2.15. The normalized spacial score (nSPS) is 11.2. The second-order valence-electron chi connectivity index (χ2n) is 4.02. The van der Waals surface area contributed by atoms with Crippen LogP contribution in [0.3, 0.4) is 0 Å². The van der Waals surface area contributed by atoms with Gasteiger partial charge in [0.25, 0.3) is 0 Å². The third kappa shape index (κ3) is 11.8. The minimum Gasteiger partial charge on any atom is -0.380 e. The van der Waals surface area contributed by atoms with Crippen molar-refractivity contribution in [1.82, 2.24) is 10.2 Å². The number of hydrogen-bond acceptors (Lipinski definition) is 3. The van der Waals surface area contributed by atoms with Gasteiger partial charge in [-0.25, -0.2) is 0 Å². The van der Waals surface area contributed by atoms with Gasteiger partial charge in [0.05, 0.1) is 6.61 Å². The van der Waals surface area contributed by atoms with E-state index in [0.29, 0.717) is 0 Å². The molecule has 15 heavy (non-hydrogen) atoms. The Morgan fingerprint density at radius 1 is 1.00 bits per heavy atom. The lowest BCUT2D eigenvalue weighted by atomic mass is 10.4. The van der Waals surface area contributed by atoms with Crippen LogP contribution >= 0.6 is 0 Å². The lowest BCUT2D eigenvalue weighted by molar-refractivity contribution is 0.109. The topological polar surface area (TPSA) is 24.5 Å². The van der Waals surface area contributed by atoms with E-state index in [-0.39, 0.29) is 0 Å². The van der Waals surface area contributed by atoms with Gasteiger partial charge in [-0.3, -0.25) is 0 Å². The van der Waals surface area contributed by atoms with Crippen molar-refractivity contribution in [2.45, 2.75) is 33.1 Å². The predicted octanol–water partition coefficient (Wildman–Crippen LogP) is 1.73. The molecular weight excluding hydrogens is 188 g/mol. The van der Waals surface area contributed by atoms with Crippen LogP contribution in [0.25, 0.3) is 0 Å². The molecule has 0 rings (SSSR count). The molecule has 0 heterocycles. The highest BCUT2D eigenvalue weighted by Crippen LogP contribution is 1.88. The molecule has 3 heteroatoms. The zero-order chi connectivity index (χ0) is 11.4. The molecule has 0 radical (unpaired) electrons. The molecule has 0 aliphatic carbocycles. The van der Waals surface area contributed by atoms with Crippen LogP contribution in [0.4, 0.5) is 0 Å². The first kappa shape index (κ1) is 14.9. The molecule has 0 aliphatic rings. The maximum atomic E-state index is 5.51. The second kappa shape index (κ2) is 12.0. The van der Waals surface area contributed by atoms with Gasteiger partial charge in [-0.05, 0) is 26.4 Å². The van der Waals surface area contributed by atoms with Gasteiger partial charge in [0.1, 0.15) is 0 Å². The molecule has 0 spiro atoms. The van der Waals surface area contributed by atoms with Crippen LogP contribution in [-0.4, -0.2) is 51.3 Å². The summed E-state index contributed by atoms with van der Waals surface area (Å²) in [6.45, 7) is 10.5. The Morgan fingerprint density at radius 3 is 2.47 bits per heavy atom. The van der Waals surface area contributed by atoms with Gasteiger partial charge in [0.2, 0.25) is 0 Å². The molecule has 3 nitrogen and oxygen atoms in total. The highest BCUT2D eigenvalue weighted by molar-refractivity contribution is 4.53. The summed E-state index contributed by atoms with van der Waals surface area (Å²) >= 11 is 0. The highest BCUT2D eigenvalue weighted by atomic mass is 16.5. The summed E-state index contributed by atoms with van der Waals surface area (Å²) in [5.41, 5.74) is 0. The van der Waals surface area contributed by atoms with Gasteiger partial charge in [0.15, 0.2) is 0 Å². The molecule has 0 atom stereocenters. The van der Waals surface area contributed by atoms with Crippen molar-refractivity contribution >= 4 is 0 Å². The Hall–Kier alpha value is -0.120. The van der Waals surface area contributed by atoms with Gasteiger partial charge < -0.3 is 15.0 Å². The van der Waals surface area contributed by atoms with Crippen molar-refractivity contribution < 1.29 is 4.74 Å². The van der Waals surface area contributed by atoms with E-state index in [0.717, 1.165) is 39.4 Å². The number of nitrogens with zero attached hydrogens (tertiary/aromatic N) is 1. The van der Waals surface area contributed by atoms with E-state index >= 15 is 0 Å². The zero-order valence-electron chi connectivity index (χ0n) is 10.7. The first-order chi connectivity index (χ1) is 7.31. The molecule has 0 bridgehead atoms. The largest absolute Gasteiger partial charge is 0.380 e. The number of unbranched alkanes of at least 4 members (excludes halogenated alkanes) is 1. The molecule has 0 aliphatic heterocycles. The first-order valence-electron chi connectivity index (χ1n) is 6.28. The number of hydrogen-bond donors (Lipinski definition) is 1. The Bertz CT molecular complexity index is 120. The average molecular weight is 216 g/mol. The summed E-state index contributed by atoms with van der Waals surface area (Å²) in [6, 6.07) is 0. The number of rotatable bonds is 11. The van der Waals surface area contributed by atoms with Gasteiger partial charge in [-0.2, -0.15) is 0 Å². The summed E-state index contributed by atoms with van der Waals surface area (Å²) in [5, 5.41) is 3.39. The molecule has 92 valence electrons. The third-order valence-electron chi connectivity index (χ3n) is 2.36. The van der Waals surface area contributed by atoms with E-state index in [1.807, 2.05) is 0 Å². The predicted molar refractivity (Wildman–Crippen MR) is 66.4 cm³/mol. The first-order valence-corrected chi connectivity index (χ1v) is 6.28. The standard InChI is InChI=1S/C12H28N2O/c1-4-6-11-15-12-10-14(3)9-8-13-7-5-2/h13H,4-12H2,1-3H3. The summed E-state index contributed by atoms with van der Waals surface area (Å²) in [5.74, 6) is 0. The van der Waals surface area contributed by atoms with Gasteiger partial charge >= 0.3 is 0 Å². The zero-order valence-corrected chi connectivity index (χ0v) is 10.7. The Kier molecular flexibility index (Phi) is 11.9. The lowest BCUT2D eigenvalue weighted by Gasteiger charge is -2.16. The van der Waals surface area contributed by atoms with Crippen LogP contribution in [0.15, 0.2) is 0 Å². The maximum Gasteiger partial charge on any atom is 0.0593 e. The van der Waals surface area contributed by atoms with E-state index < -0.39 is 0 Å². The van der Waals surface area contributed by atoms with E-state index in [1.165, 1.54) is 19.3 Å². The van der Waals surface area contributed by atoms with Crippen LogP contribution in [0, 0.1) is 0 Å². The van der Waals surface area contributed by atoms with Crippen molar-refractivity contribution in [3.63, 3.8) is 0 Å². The van der Waals surface area contributed by atoms with Crippen LogP contribution < -0.4 is 5.32 Å². The van der Waals surface area contributed by atoms with Crippen molar-refractivity contribution in [2.75, 3.05) is 46.4 Å². The van der Waals surface area contributed by atoms with Crippen molar-refractivity contribution in [3.8, 4) is 0 Å². The quantitative estimate of drug-likeness (QED) is 0.532. The molecule has 0 amide bonds. The molecule has 0 saturated heterocycles. The molecule has 0 unspecified atom stereocenters. The van der Waals surface area contributed by atoms with Gasteiger partial charge in [-0.15, -0.1) is 0 Å². The van der Waals surface area contributed by atoms with Gasteiger partial charge in [0, 0.05) is 26.2 Å². The number of ether oxygens (including phenoxy) is 1. The van der Waals surface area contributed by atoms with Crippen LogP contribution in [0.5, 0.6) is 0 Å². The second-order valence-corrected chi connectivity index (χ2v) is 4.02. The summed E-state index contributed by atoms with van der Waals surface area (Å²) < 4.78 is 5.51. The number of nitrogens with one attached hydrogen (secondary N) is 1.